The molecule has 1 aromatic carbocycles. The van der Waals surface area contributed by atoms with Gasteiger partial charge in [-0.3, -0.25) is 0 Å². The van der Waals surface area contributed by atoms with E-state index in [4.69, 9.17) is 5.73 Å². The van der Waals surface area contributed by atoms with Gasteiger partial charge in [0.25, 0.3) is 0 Å². The standard InChI is InChI=1S/C14H24N2/c1-3-12(2)10-16-11-14-7-5-4-6-13(14)8-9-15/h4-7,12,16H,3,8-11,15H2,1-2H3. The molecule has 0 saturated heterocycles. The summed E-state index contributed by atoms with van der Waals surface area (Å²) in [7, 11) is 0. The zero-order chi connectivity index (χ0) is 11.8. The third-order valence-electron chi connectivity index (χ3n) is 3.04. The fourth-order valence-electron chi connectivity index (χ4n) is 1.73. The SMILES string of the molecule is CCC(C)CNCc1ccccc1CCN. The molecule has 0 amide bonds. The van der Waals surface area contributed by atoms with Crippen LogP contribution in [0, 0.1) is 5.92 Å². The highest BCUT2D eigenvalue weighted by Gasteiger charge is 2.02. The Morgan fingerprint density at radius 1 is 1.25 bits per heavy atom. The average Bonchev–Trinajstić information content (AvgIpc) is 2.31. The lowest BCUT2D eigenvalue weighted by Gasteiger charge is -2.12. The maximum atomic E-state index is 5.61. The highest BCUT2D eigenvalue weighted by Crippen LogP contribution is 2.09. The van der Waals surface area contributed by atoms with E-state index in [-0.39, 0.29) is 0 Å². The van der Waals surface area contributed by atoms with Gasteiger partial charge in [0.2, 0.25) is 0 Å². The lowest BCUT2D eigenvalue weighted by molar-refractivity contribution is 0.499. The van der Waals surface area contributed by atoms with Crippen molar-refractivity contribution in [1.82, 2.24) is 5.32 Å². The minimum absolute atomic E-state index is 0.725. The van der Waals surface area contributed by atoms with Crippen molar-refractivity contribution in [1.29, 1.82) is 0 Å². The second kappa shape index (κ2) is 7.42. The summed E-state index contributed by atoms with van der Waals surface area (Å²) in [4.78, 5) is 0. The summed E-state index contributed by atoms with van der Waals surface area (Å²) in [6.45, 7) is 7.28. The molecule has 3 N–H and O–H groups in total. The van der Waals surface area contributed by atoms with Crippen molar-refractivity contribution >= 4 is 0 Å². The molecule has 0 fully saturated rings. The molecular weight excluding hydrogens is 196 g/mol. The van der Waals surface area contributed by atoms with Crippen LogP contribution in [0.4, 0.5) is 0 Å². The van der Waals surface area contributed by atoms with Gasteiger partial charge < -0.3 is 11.1 Å². The first kappa shape index (κ1) is 13.2. The van der Waals surface area contributed by atoms with Crippen LogP contribution in [-0.2, 0) is 13.0 Å². The number of nitrogens with one attached hydrogen (secondary N) is 1. The zero-order valence-corrected chi connectivity index (χ0v) is 10.5. The van der Waals surface area contributed by atoms with E-state index in [1.807, 2.05) is 0 Å². The van der Waals surface area contributed by atoms with Crippen LogP contribution in [0.5, 0.6) is 0 Å². The number of nitrogens with two attached hydrogens (primary N) is 1. The molecule has 0 saturated carbocycles. The Hall–Kier alpha value is -0.860. The van der Waals surface area contributed by atoms with Crippen LogP contribution in [0.15, 0.2) is 24.3 Å². The van der Waals surface area contributed by atoms with E-state index in [2.05, 4.69) is 43.4 Å². The molecule has 0 spiro atoms. The van der Waals surface area contributed by atoms with E-state index >= 15 is 0 Å². The predicted octanol–water partition coefficient (Wildman–Crippen LogP) is 2.32. The van der Waals surface area contributed by atoms with Crippen molar-refractivity contribution in [2.75, 3.05) is 13.1 Å². The Kier molecular flexibility index (Phi) is 6.12. The van der Waals surface area contributed by atoms with Crippen molar-refractivity contribution in [3.05, 3.63) is 35.4 Å². The van der Waals surface area contributed by atoms with Crippen LogP contribution in [0.1, 0.15) is 31.4 Å². The van der Waals surface area contributed by atoms with Crippen molar-refractivity contribution in [3.63, 3.8) is 0 Å². The van der Waals surface area contributed by atoms with E-state index in [0.717, 1.165) is 32.0 Å². The van der Waals surface area contributed by atoms with Gasteiger partial charge in [0.05, 0.1) is 0 Å². The molecule has 16 heavy (non-hydrogen) atoms. The summed E-state index contributed by atoms with van der Waals surface area (Å²) in [5, 5.41) is 3.51. The molecule has 0 aliphatic rings. The van der Waals surface area contributed by atoms with Crippen molar-refractivity contribution < 1.29 is 0 Å². The van der Waals surface area contributed by atoms with Crippen molar-refractivity contribution in [2.45, 2.75) is 33.2 Å². The predicted molar refractivity (Wildman–Crippen MR) is 70.4 cm³/mol. The minimum Gasteiger partial charge on any atom is -0.330 e. The molecule has 1 aromatic rings. The molecule has 2 nitrogen and oxygen atoms in total. The third-order valence-corrected chi connectivity index (χ3v) is 3.04. The van der Waals surface area contributed by atoms with Crippen LogP contribution in [0.25, 0.3) is 0 Å². The molecule has 1 unspecified atom stereocenters. The Bertz CT molecular complexity index is 297. The zero-order valence-electron chi connectivity index (χ0n) is 10.5. The highest BCUT2D eigenvalue weighted by molar-refractivity contribution is 5.27. The summed E-state index contributed by atoms with van der Waals surface area (Å²) in [6.07, 6.45) is 2.21. The van der Waals surface area contributed by atoms with E-state index < -0.39 is 0 Å². The van der Waals surface area contributed by atoms with Crippen LogP contribution >= 0.6 is 0 Å². The third kappa shape index (κ3) is 4.33. The molecule has 0 aromatic heterocycles. The molecule has 0 bridgehead atoms. The van der Waals surface area contributed by atoms with Gasteiger partial charge in [-0.05, 0) is 36.6 Å². The molecule has 0 aliphatic heterocycles. The van der Waals surface area contributed by atoms with Gasteiger partial charge in [-0.15, -0.1) is 0 Å². The largest absolute Gasteiger partial charge is 0.330 e. The maximum absolute atomic E-state index is 5.61. The Morgan fingerprint density at radius 2 is 1.94 bits per heavy atom. The topological polar surface area (TPSA) is 38.0 Å². The van der Waals surface area contributed by atoms with Crippen molar-refractivity contribution in [3.8, 4) is 0 Å². The first-order valence-corrected chi connectivity index (χ1v) is 6.25. The quantitative estimate of drug-likeness (QED) is 0.740. The Labute approximate surface area is 99.2 Å². The second-order valence-electron chi connectivity index (χ2n) is 4.45. The molecule has 90 valence electrons. The van der Waals surface area contributed by atoms with E-state index in [1.54, 1.807) is 0 Å². The van der Waals surface area contributed by atoms with Gasteiger partial charge in [0.15, 0.2) is 0 Å². The first-order valence-electron chi connectivity index (χ1n) is 6.25. The van der Waals surface area contributed by atoms with Crippen LogP contribution < -0.4 is 11.1 Å². The van der Waals surface area contributed by atoms with Crippen LogP contribution in [-0.4, -0.2) is 13.1 Å². The average molecular weight is 220 g/mol. The molecule has 1 atom stereocenters. The summed E-state index contributed by atoms with van der Waals surface area (Å²) in [5.74, 6) is 0.752. The fourth-order valence-corrected chi connectivity index (χ4v) is 1.73. The van der Waals surface area contributed by atoms with Crippen LogP contribution in [0.2, 0.25) is 0 Å². The maximum Gasteiger partial charge on any atom is 0.0208 e. The molecule has 1 rings (SSSR count). The molecular formula is C14H24N2. The number of benzene rings is 1. The van der Waals surface area contributed by atoms with E-state index in [0.29, 0.717) is 0 Å². The molecule has 0 radical (unpaired) electrons. The first-order chi connectivity index (χ1) is 7.77. The number of hydrogen-bond donors (Lipinski definition) is 2. The monoisotopic (exact) mass is 220 g/mol. The minimum atomic E-state index is 0.725. The summed E-state index contributed by atoms with van der Waals surface area (Å²) >= 11 is 0. The Morgan fingerprint density at radius 3 is 2.56 bits per heavy atom. The molecule has 2 heteroatoms. The Balaban J connectivity index is 2.46. The van der Waals surface area contributed by atoms with Gasteiger partial charge in [0, 0.05) is 6.54 Å². The fraction of sp³-hybridized carbons (Fsp3) is 0.571. The summed E-state index contributed by atoms with van der Waals surface area (Å²) in [6, 6.07) is 8.55. The smallest absolute Gasteiger partial charge is 0.0208 e. The lowest BCUT2D eigenvalue weighted by atomic mass is 10.0. The van der Waals surface area contributed by atoms with Crippen molar-refractivity contribution in [2.24, 2.45) is 11.7 Å². The van der Waals surface area contributed by atoms with Gasteiger partial charge in [-0.25, -0.2) is 0 Å². The molecule has 0 aliphatic carbocycles. The van der Waals surface area contributed by atoms with E-state index in [9.17, 15) is 0 Å². The van der Waals surface area contributed by atoms with Gasteiger partial charge >= 0.3 is 0 Å². The van der Waals surface area contributed by atoms with Gasteiger partial charge in [0.1, 0.15) is 0 Å². The number of hydrogen-bond acceptors (Lipinski definition) is 2. The lowest BCUT2D eigenvalue weighted by Crippen LogP contribution is -2.21. The highest BCUT2D eigenvalue weighted by atomic mass is 14.9. The summed E-state index contributed by atoms with van der Waals surface area (Å²) in [5.41, 5.74) is 8.37. The van der Waals surface area contributed by atoms with E-state index in [1.165, 1.54) is 17.5 Å². The van der Waals surface area contributed by atoms with Gasteiger partial charge in [-0.2, -0.15) is 0 Å². The summed E-state index contributed by atoms with van der Waals surface area (Å²) < 4.78 is 0. The molecule has 0 heterocycles. The normalized spacial score (nSPS) is 12.7. The van der Waals surface area contributed by atoms with Gasteiger partial charge in [-0.1, -0.05) is 44.5 Å². The number of rotatable bonds is 7. The van der Waals surface area contributed by atoms with Crippen LogP contribution in [0.3, 0.4) is 0 Å². The second-order valence-corrected chi connectivity index (χ2v) is 4.45.